The first kappa shape index (κ1) is 23.6. The summed E-state index contributed by atoms with van der Waals surface area (Å²) in [6.45, 7) is 0.0981. The van der Waals surface area contributed by atoms with E-state index in [2.05, 4.69) is 26.3 Å². The van der Waals surface area contributed by atoms with Crippen molar-refractivity contribution in [1.29, 1.82) is 5.26 Å². The second-order valence-electron chi connectivity index (χ2n) is 6.32. The van der Waals surface area contributed by atoms with Crippen molar-refractivity contribution in [2.24, 2.45) is 0 Å². The Balaban J connectivity index is 1.42. The third-order valence-electron chi connectivity index (χ3n) is 3.79. The number of rotatable bonds is 10. The summed E-state index contributed by atoms with van der Waals surface area (Å²) < 4.78 is 46.6. The number of hydrogen-bond donors (Lipinski definition) is 2. The fourth-order valence-corrected chi connectivity index (χ4v) is 4.09. The Morgan fingerprint density at radius 3 is 2.44 bits per heavy atom. The van der Waals surface area contributed by atoms with Crippen LogP contribution in [0.3, 0.4) is 0 Å². The Bertz CT molecular complexity index is 1040. The number of hydrogen-bond acceptors (Lipinski definition) is 9. The van der Waals surface area contributed by atoms with Crippen molar-refractivity contribution in [3.63, 3.8) is 0 Å². The zero-order valence-corrected chi connectivity index (χ0v) is 18.0. The predicted molar refractivity (Wildman–Crippen MR) is 114 cm³/mol. The molecule has 0 aliphatic carbocycles. The third-order valence-corrected chi connectivity index (χ3v) is 5.91. The van der Waals surface area contributed by atoms with Crippen LogP contribution in [0.15, 0.2) is 52.9 Å². The van der Waals surface area contributed by atoms with Crippen molar-refractivity contribution < 1.29 is 27.8 Å². The van der Waals surface area contributed by atoms with Crippen molar-refractivity contribution in [1.82, 2.24) is 10.2 Å². The van der Waals surface area contributed by atoms with Gasteiger partial charge in [0.1, 0.15) is 18.1 Å². The summed E-state index contributed by atoms with van der Waals surface area (Å²) in [6.07, 6.45) is -5.14. The molecule has 3 aromatic rings. The number of ether oxygens (including phenoxy) is 2. The lowest BCUT2D eigenvalue weighted by atomic mass is 10.2. The highest BCUT2D eigenvalue weighted by molar-refractivity contribution is 8.01. The molecule has 2 aromatic carbocycles. The van der Waals surface area contributed by atoms with Crippen LogP contribution < -0.4 is 14.8 Å². The second-order valence-corrected chi connectivity index (χ2v) is 8.57. The van der Waals surface area contributed by atoms with Crippen LogP contribution in [0.5, 0.6) is 11.5 Å². The Labute approximate surface area is 189 Å². The maximum absolute atomic E-state index is 12.2. The molecule has 1 atom stereocenters. The number of halogens is 3. The summed E-state index contributed by atoms with van der Waals surface area (Å²) in [5, 5.41) is 30.2. The summed E-state index contributed by atoms with van der Waals surface area (Å²) in [4.78, 5) is 0. The number of anilines is 2. The Morgan fingerprint density at radius 2 is 1.78 bits per heavy atom. The zero-order chi connectivity index (χ0) is 23.0. The zero-order valence-electron chi connectivity index (χ0n) is 16.4. The van der Waals surface area contributed by atoms with Crippen molar-refractivity contribution in [3.05, 3.63) is 54.1 Å². The van der Waals surface area contributed by atoms with E-state index >= 15 is 0 Å². The van der Waals surface area contributed by atoms with Gasteiger partial charge in [0.25, 0.3) is 0 Å². The van der Waals surface area contributed by atoms with Gasteiger partial charge >= 0.3 is 6.36 Å². The molecule has 0 bridgehead atoms. The molecule has 1 aromatic heterocycles. The first-order valence-corrected chi connectivity index (χ1v) is 11.0. The average molecular weight is 483 g/mol. The molecule has 7 nitrogen and oxygen atoms in total. The maximum Gasteiger partial charge on any atom is 0.573 e. The smallest absolute Gasteiger partial charge is 0.491 e. The van der Waals surface area contributed by atoms with E-state index in [1.54, 1.807) is 24.3 Å². The van der Waals surface area contributed by atoms with Gasteiger partial charge in [-0.3, -0.25) is 0 Å². The van der Waals surface area contributed by atoms with Crippen LogP contribution in [0.1, 0.15) is 5.56 Å². The van der Waals surface area contributed by atoms with Gasteiger partial charge < -0.3 is 19.9 Å². The van der Waals surface area contributed by atoms with E-state index < -0.39 is 12.5 Å². The van der Waals surface area contributed by atoms with Crippen molar-refractivity contribution in [2.75, 3.05) is 17.7 Å². The van der Waals surface area contributed by atoms with Gasteiger partial charge in [0.05, 0.1) is 18.6 Å². The second kappa shape index (κ2) is 11.0. The van der Waals surface area contributed by atoms with Crippen LogP contribution in [0.25, 0.3) is 0 Å². The van der Waals surface area contributed by atoms with E-state index in [-0.39, 0.29) is 12.4 Å². The Hall–Kier alpha value is -3.01. The molecule has 0 aliphatic heterocycles. The molecule has 0 fully saturated rings. The van der Waals surface area contributed by atoms with Gasteiger partial charge in [-0.15, -0.1) is 23.4 Å². The number of nitrogens with one attached hydrogen (secondary N) is 1. The van der Waals surface area contributed by atoms with Gasteiger partial charge in [-0.25, -0.2) is 0 Å². The predicted octanol–water partition coefficient (Wildman–Crippen LogP) is 4.78. The SMILES string of the molecule is N#CCc1ccc(OC[C@H](O)CSc2nnc(Nc3ccc(OC(F)(F)F)cc3)s2)cc1. The third kappa shape index (κ3) is 7.92. The van der Waals surface area contributed by atoms with Crippen molar-refractivity contribution >= 4 is 33.9 Å². The molecule has 0 spiro atoms. The average Bonchev–Trinajstić information content (AvgIpc) is 3.20. The fraction of sp³-hybridized carbons (Fsp3) is 0.250. The maximum atomic E-state index is 12.2. The molecule has 0 saturated heterocycles. The highest BCUT2D eigenvalue weighted by Crippen LogP contribution is 2.29. The van der Waals surface area contributed by atoms with Gasteiger partial charge in [0.15, 0.2) is 4.34 Å². The molecule has 3 rings (SSSR count). The van der Waals surface area contributed by atoms with Crippen LogP contribution in [0, 0.1) is 11.3 Å². The number of aliphatic hydroxyl groups is 1. The molecule has 1 heterocycles. The lowest BCUT2D eigenvalue weighted by Crippen LogP contribution is -2.20. The number of benzene rings is 2. The van der Waals surface area contributed by atoms with Gasteiger partial charge in [0, 0.05) is 11.4 Å². The standard InChI is InChI=1S/C20H17F3N4O3S2/c21-20(22,23)30-17-7-3-14(4-8-17)25-18-26-27-19(32-18)31-12-15(28)11-29-16-5-1-13(2-6-16)9-10-24/h1-8,15,28H,9,11-12H2,(H,25,26)/t15-/m0/s1. The van der Waals surface area contributed by atoms with Gasteiger partial charge in [-0.05, 0) is 42.0 Å². The first-order valence-electron chi connectivity index (χ1n) is 9.16. The minimum absolute atomic E-state index is 0.0981. The highest BCUT2D eigenvalue weighted by atomic mass is 32.2. The quantitative estimate of drug-likeness (QED) is 0.399. The summed E-state index contributed by atoms with van der Waals surface area (Å²) in [5.74, 6) is 0.626. The molecule has 0 amide bonds. The van der Waals surface area contributed by atoms with Crippen LogP contribution in [-0.4, -0.2) is 40.1 Å². The van der Waals surface area contributed by atoms with E-state index in [1.807, 2.05) is 0 Å². The van der Waals surface area contributed by atoms with Crippen molar-refractivity contribution in [2.45, 2.75) is 23.2 Å². The monoisotopic (exact) mass is 482 g/mol. The van der Waals surface area contributed by atoms with Crippen LogP contribution in [0.4, 0.5) is 24.0 Å². The summed E-state index contributed by atoms with van der Waals surface area (Å²) in [7, 11) is 0. The topological polar surface area (TPSA) is 100 Å². The van der Waals surface area contributed by atoms with E-state index in [0.29, 0.717) is 33.1 Å². The van der Waals surface area contributed by atoms with Crippen molar-refractivity contribution in [3.8, 4) is 17.6 Å². The number of nitriles is 1. The summed E-state index contributed by atoms with van der Waals surface area (Å²) in [5.41, 5.74) is 1.42. The molecule has 168 valence electrons. The molecule has 0 unspecified atom stereocenters. The van der Waals surface area contributed by atoms with E-state index in [1.165, 1.54) is 47.4 Å². The minimum atomic E-state index is -4.74. The molecule has 0 radical (unpaired) electrons. The number of aromatic nitrogens is 2. The van der Waals surface area contributed by atoms with Gasteiger partial charge in [-0.1, -0.05) is 35.2 Å². The van der Waals surface area contributed by atoms with Crippen LogP contribution in [0.2, 0.25) is 0 Å². The summed E-state index contributed by atoms with van der Waals surface area (Å²) in [6, 6.07) is 14.4. The molecule has 0 aliphatic rings. The Kier molecular flexibility index (Phi) is 8.15. The number of aliphatic hydroxyl groups excluding tert-OH is 1. The van der Waals surface area contributed by atoms with Crippen LogP contribution >= 0.6 is 23.1 Å². The van der Waals surface area contributed by atoms with Crippen LogP contribution in [-0.2, 0) is 6.42 Å². The molecule has 12 heteroatoms. The number of alkyl halides is 3. The largest absolute Gasteiger partial charge is 0.573 e. The fourth-order valence-electron chi connectivity index (χ4n) is 2.38. The van der Waals surface area contributed by atoms with E-state index in [9.17, 15) is 18.3 Å². The van der Waals surface area contributed by atoms with Gasteiger partial charge in [-0.2, -0.15) is 5.26 Å². The summed E-state index contributed by atoms with van der Waals surface area (Å²) >= 11 is 2.55. The Morgan fingerprint density at radius 1 is 1.09 bits per heavy atom. The molecule has 0 saturated carbocycles. The molecular weight excluding hydrogens is 465 g/mol. The highest BCUT2D eigenvalue weighted by Gasteiger charge is 2.30. The number of nitrogens with zero attached hydrogens (tertiary/aromatic N) is 3. The number of thioether (sulfide) groups is 1. The molecule has 32 heavy (non-hydrogen) atoms. The first-order chi connectivity index (χ1) is 15.3. The minimum Gasteiger partial charge on any atom is -0.491 e. The lowest BCUT2D eigenvalue weighted by Gasteiger charge is -2.11. The van der Waals surface area contributed by atoms with Gasteiger partial charge in [0.2, 0.25) is 5.13 Å². The lowest BCUT2D eigenvalue weighted by molar-refractivity contribution is -0.274. The normalized spacial score (nSPS) is 12.1. The van der Waals surface area contributed by atoms with E-state index in [0.717, 1.165) is 5.56 Å². The van der Waals surface area contributed by atoms with E-state index in [4.69, 9.17) is 10.00 Å². The molecule has 2 N–H and O–H groups in total. The molecular formula is C20H17F3N4O3S2.